The summed E-state index contributed by atoms with van der Waals surface area (Å²) >= 11 is 3.12. The van der Waals surface area contributed by atoms with Crippen LogP contribution in [0.2, 0.25) is 0 Å². The molecule has 5 nitrogen and oxygen atoms in total. The maximum Gasteiger partial charge on any atom is 0.150 e. The maximum absolute atomic E-state index is 14.9. The molecule has 6 rings (SSSR count). The van der Waals surface area contributed by atoms with Gasteiger partial charge < -0.3 is 22.9 Å². The van der Waals surface area contributed by atoms with Crippen LogP contribution in [0.1, 0.15) is 53.6 Å². The van der Waals surface area contributed by atoms with E-state index in [4.69, 9.17) is 22.9 Å². The number of hydrogen-bond acceptors (Lipinski definition) is 7. The van der Waals surface area contributed by atoms with E-state index in [1.807, 2.05) is 121 Å². The van der Waals surface area contributed by atoms with Gasteiger partial charge in [0.05, 0.1) is 21.6 Å². The molecule has 0 saturated carbocycles. The monoisotopic (exact) mass is 662 g/mol. The minimum atomic E-state index is -0.393. The van der Waals surface area contributed by atoms with Gasteiger partial charge in [0.1, 0.15) is 5.78 Å². The van der Waals surface area contributed by atoms with E-state index in [1.54, 1.807) is 22.7 Å². The van der Waals surface area contributed by atoms with Gasteiger partial charge in [-0.15, -0.1) is 22.7 Å². The van der Waals surface area contributed by atoms with Gasteiger partial charge in [-0.05, 0) is 121 Å². The normalized spacial score (nSPS) is 11.8. The minimum Gasteiger partial charge on any atom is -0.399 e. The second-order valence-electron chi connectivity index (χ2n) is 11.5. The summed E-state index contributed by atoms with van der Waals surface area (Å²) in [6.07, 6.45) is 1.08. The van der Waals surface area contributed by atoms with Gasteiger partial charge in [0, 0.05) is 43.6 Å². The molecule has 0 radical (unpaired) electrons. The first-order valence-electron chi connectivity index (χ1n) is 15.5. The van der Waals surface area contributed by atoms with Crippen molar-refractivity contribution in [2.75, 3.05) is 22.9 Å². The molecule has 0 aliphatic heterocycles. The zero-order valence-corrected chi connectivity index (χ0v) is 27.8. The third-order valence-corrected chi connectivity index (χ3v) is 10.2. The molecule has 0 amide bonds. The van der Waals surface area contributed by atoms with Crippen LogP contribution >= 0.6 is 22.7 Å². The van der Waals surface area contributed by atoms with E-state index in [-0.39, 0.29) is 5.78 Å². The lowest BCUT2D eigenvalue weighted by atomic mass is 9.83. The summed E-state index contributed by atoms with van der Waals surface area (Å²) < 4.78 is 0. The van der Waals surface area contributed by atoms with Crippen molar-refractivity contribution in [1.82, 2.24) is 0 Å². The molecule has 8 N–H and O–H groups in total. The molecule has 6 aromatic rings. The molecule has 4 aromatic carbocycles. The lowest BCUT2D eigenvalue weighted by Gasteiger charge is -2.22. The van der Waals surface area contributed by atoms with Gasteiger partial charge in [0.15, 0.2) is 0 Å². The molecule has 7 heteroatoms. The van der Waals surface area contributed by atoms with Crippen molar-refractivity contribution in [3.05, 3.63) is 163 Å². The first kappa shape index (κ1) is 32.2. The van der Waals surface area contributed by atoms with Gasteiger partial charge in [-0.3, -0.25) is 4.79 Å². The largest absolute Gasteiger partial charge is 0.399 e. The van der Waals surface area contributed by atoms with Crippen molar-refractivity contribution in [3.8, 4) is 23.7 Å². The average Bonchev–Trinajstić information content (AvgIpc) is 3.77. The van der Waals surface area contributed by atoms with Crippen LogP contribution in [0.5, 0.6) is 0 Å². The van der Waals surface area contributed by atoms with E-state index in [1.165, 1.54) is 0 Å². The number of nitrogen functional groups attached to an aromatic ring is 4. The Hall–Kier alpha value is -5.73. The van der Waals surface area contributed by atoms with Gasteiger partial charge in [-0.1, -0.05) is 47.9 Å². The topological polar surface area (TPSA) is 121 Å². The van der Waals surface area contributed by atoms with Crippen LogP contribution in [-0.4, -0.2) is 5.78 Å². The summed E-state index contributed by atoms with van der Waals surface area (Å²) in [5.74, 6) is 12.3. The van der Waals surface area contributed by atoms with Crippen molar-refractivity contribution < 1.29 is 4.79 Å². The smallest absolute Gasteiger partial charge is 0.150 e. The second-order valence-corrected chi connectivity index (χ2v) is 13.8. The third kappa shape index (κ3) is 8.34. The van der Waals surface area contributed by atoms with Gasteiger partial charge in [0.2, 0.25) is 0 Å². The first-order valence-corrected chi connectivity index (χ1v) is 17.1. The molecule has 0 fully saturated rings. The number of ketones is 1. The number of benzene rings is 4. The Bertz CT molecular complexity index is 1980. The molecule has 0 saturated heterocycles. The Morgan fingerprint density at radius 3 is 1.15 bits per heavy atom. The van der Waals surface area contributed by atoms with E-state index in [0.717, 1.165) is 41.8 Å². The molecule has 2 atom stereocenters. The molecule has 0 aliphatic carbocycles. The number of thiophene rings is 2. The third-order valence-electron chi connectivity index (χ3n) is 7.95. The summed E-state index contributed by atoms with van der Waals surface area (Å²) in [5.41, 5.74) is 30.3. The van der Waals surface area contributed by atoms with Crippen molar-refractivity contribution >= 4 is 51.2 Å². The molecule has 0 spiro atoms. The number of carbonyl (C=O) groups excluding carboxylic acids is 1. The lowest BCUT2D eigenvalue weighted by Crippen LogP contribution is -2.23. The Balaban J connectivity index is 1.35. The van der Waals surface area contributed by atoms with Crippen LogP contribution in [0.3, 0.4) is 0 Å². The number of carbonyl (C=O) groups is 1. The highest BCUT2D eigenvalue weighted by molar-refractivity contribution is 7.13. The molecule has 2 heterocycles. The number of Topliss-reactive ketones (excluding diaryl/α,β-unsaturated/α-hetero) is 1. The van der Waals surface area contributed by atoms with Crippen molar-refractivity contribution in [1.29, 1.82) is 0 Å². The van der Waals surface area contributed by atoms with E-state index in [9.17, 15) is 4.79 Å². The number of anilines is 4. The average molecular weight is 663 g/mol. The SMILES string of the molecule is Nc1ccc(C#Cc2ccc(C(Cc3ccc(N)cc3)C(=O)C(Cc3ccc(N)cc3)c3ccc(C#Cc4ccc(N)cc4)s3)s2)cc1. The molecule has 2 unspecified atom stereocenters. The highest BCUT2D eigenvalue weighted by Gasteiger charge is 2.32. The second kappa shape index (κ2) is 14.8. The van der Waals surface area contributed by atoms with Crippen molar-refractivity contribution in [2.45, 2.75) is 24.7 Å². The zero-order valence-electron chi connectivity index (χ0n) is 26.2. The van der Waals surface area contributed by atoms with E-state index >= 15 is 0 Å². The zero-order chi connectivity index (χ0) is 33.5. The first-order chi connectivity index (χ1) is 23.3. The predicted molar refractivity (Wildman–Crippen MR) is 202 cm³/mol. The van der Waals surface area contributed by atoms with Gasteiger partial charge in [0.25, 0.3) is 0 Å². The summed E-state index contributed by atoms with van der Waals surface area (Å²) in [6, 6.07) is 38.6. The Labute approximate surface area is 289 Å². The van der Waals surface area contributed by atoms with Gasteiger partial charge in [-0.2, -0.15) is 0 Å². The Kier molecular flexibility index (Phi) is 9.93. The highest BCUT2D eigenvalue weighted by Crippen LogP contribution is 2.37. The Morgan fingerprint density at radius 2 is 0.792 bits per heavy atom. The molecule has 0 bridgehead atoms. The minimum absolute atomic E-state index is 0.142. The Morgan fingerprint density at radius 1 is 0.458 bits per heavy atom. The number of hydrogen-bond donors (Lipinski definition) is 4. The molecule has 236 valence electrons. The molecule has 48 heavy (non-hydrogen) atoms. The molecular weight excluding hydrogens is 629 g/mol. The van der Waals surface area contributed by atoms with Crippen LogP contribution in [-0.2, 0) is 17.6 Å². The van der Waals surface area contributed by atoms with Gasteiger partial charge >= 0.3 is 0 Å². The van der Waals surface area contributed by atoms with Crippen LogP contribution in [0.4, 0.5) is 22.7 Å². The number of rotatable bonds is 8. The molecular formula is C41H34N4OS2. The van der Waals surface area contributed by atoms with Crippen LogP contribution in [0, 0.1) is 23.7 Å². The summed E-state index contributed by atoms with van der Waals surface area (Å²) in [5, 5.41) is 0. The summed E-state index contributed by atoms with van der Waals surface area (Å²) in [4.78, 5) is 18.6. The molecule has 0 aliphatic rings. The lowest BCUT2D eigenvalue weighted by molar-refractivity contribution is -0.121. The highest BCUT2D eigenvalue weighted by atomic mass is 32.1. The predicted octanol–water partition coefficient (Wildman–Crippen LogP) is 7.86. The summed E-state index contributed by atoms with van der Waals surface area (Å²) in [7, 11) is 0. The summed E-state index contributed by atoms with van der Waals surface area (Å²) in [6.45, 7) is 0. The fourth-order valence-corrected chi connectivity index (χ4v) is 7.26. The maximum atomic E-state index is 14.9. The van der Waals surface area contributed by atoms with Gasteiger partial charge in [-0.25, -0.2) is 0 Å². The van der Waals surface area contributed by atoms with Crippen LogP contribution in [0.15, 0.2) is 121 Å². The fourth-order valence-electron chi connectivity index (χ4n) is 5.32. The van der Waals surface area contributed by atoms with E-state index < -0.39 is 11.8 Å². The van der Waals surface area contributed by atoms with Crippen LogP contribution in [0.25, 0.3) is 0 Å². The number of nitrogens with two attached hydrogens (primary N) is 4. The van der Waals surface area contributed by atoms with E-state index in [0.29, 0.717) is 35.6 Å². The van der Waals surface area contributed by atoms with Crippen molar-refractivity contribution in [3.63, 3.8) is 0 Å². The van der Waals surface area contributed by atoms with Crippen LogP contribution < -0.4 is 22.9 Å². The quantitative estimate of drug-likeness (QED) is 0.0977. The molecule has 2 aromatic heterocycles. The van der Waals surface area contributed by atoms with E-state index in [2.05, 4.69) is 23.7 Å². The van der Waals surface area contributed by atoms with Crippen molar-refractivity contribution in [2.24, 2.45) is 0 Å². The standard InChI is InChI=1S/C41H34N4OS2/c42-31-11-1-27(2-12-31)9-19-35-21-23-39(47-35)37(25-29-5-15-33(44)16-6-29)41(46)38(26-30-7-17-34(45)18-8-30)40-24-22-36(48-40)20-10-28-3-13-32(43)14-4-28/h1-8,11-18,21-24,37-38H,25-26,42-45H2. The fraction of sp³-hybridized carbons (Fsp3) is 0.0976.